The molecular formula is C4H15Cl3O3V. The molecule has 2 N–H and O–H groups in total. The molecule has 11 heavy (non-hydrogen) atoms. The quantitative estimate of drug-likeness (QED) is 0.693. The van der Waals surface area contributed by atoms with Gasteiger partial charge in [0.05, 0.1) is 0 Å². The standard InChI is InChI=1S/2C2H6O.3ClH.O.V/c2*1-2-3;;;;;/h2*3H,2H2,1H3;3*1H;;. The van der Waals surface area contributed by atoms with Crippen LogP contribution in [0, 0.1) is 0 Å². The zero-order valence-electron chi connectivity index (χ0n) is 6.39. The van der Waals surface area contributed by atoms with Gasteiger partial charge in [0.15, 0.2) is 0 Å². The first kappa shape index (κ1) is 39.9. The molecule has 0 radical (unpaired) electrons. The van der Waals surface area contributed by atoms with Gasteiger partial charge in [-0.1, -0.05) is 0 Å². The van der Waals surface area contributed by atoms with Gasteiger partial charge >= 0.3 is 21.0 Å². The van der Waals surface area contributed by atoms with Crippen LogP contribution in [0.4, 0.5) is 0 Å². The molecule has 0 spiro atoms. The minimum absolute atomic E-state index is 0. The molecule has 0 rings (SSSR count). The number of halogens is 3. The van der Waals surface area contributed by atoms with Gasteiger partial charge in [0.25, 0.3) is 0 Å². The van der Waals surface area contributed by atoms with Gasteiger partial charge in [0, 0.05) is 13.2 Å². The fourth-order valence-electron chi connectivity index (χ4n) is 0. The molecule has 0 aliphatic carbocycles. The van der Waals surface area contributed by atoms with E-state index in [1.807, 2.05) is 0 Å². The first-order valence-corrected chi connectivity index (χ1v) is 2.80. The normalized spacial score (nSPS) is 3.55. The van der Waals surface area contributed by atoms with E-state index in [1.165, 1.54) is 0 Å². The van der Waals surface area contributed by atoms with Gasteiger partial charge in [-0.3, -0.25) is 0 Å². The molecule has 0 aliphatic rings. The predicted octanol–water partition coefficient (Wildman–Crippen LogP) is 1.14. The molecular weight excluding hydrogens is 253 g/mol. The molecule has 75 valence electrons. The molecule has 0 atom stereocenters. The van der Waals surface area contributed by atoms with E-state index in [2.05, 4.69) is 0 Å². The molecule has 0 aliphatic heterocycles. The molecule has 0 heterocycles. The van der Waals surface area contributed by atoms with Crippen molar-refractivity contribution in [1.29, 1.82) is 0 Å². The summed E-state index contributed by atoms with van der Waals surface area (Å²) in [6.07, 6.45) is 0. The van der Waals surface area contributed by atoms with E-state index in [0.29, 0.717) is 0 Å². The van der Waals surface area contributed by atoms with E-state index in [1.54, 1.807) is 13.8 Å². The van der Waals surface area contributed by atoms with Crippen LogP contribution in [0.3, 0.4) is 0 Å². The van der Waals surface area contributed by atoms with Crippen LogP contribution < -0.4 is 0 Å². The molecule has 0 unspecified atom stereocenters. The molecule has 0 saturated carbocycles. The van der Waals surface area contributed by atoms with E-state index in [0.717, 1.165) is 17.4 Å². The summed E-state index contributed by atoms with van der Waals surface area (Å²) < 4.78 is 8.19. The van der Waals surface area contributed by atoms with Crippen LogP contribution in [-0.2, 0) is 21.0 Å². The average Bonchev–Trinajstić information content (AvgIpc) is 1.75. The minimum atomic E-state index is 0. The third-order valence-corrected chi connectivity index (χ3v) is 0. The van der Waals surface area contributed by atoms with Crippen molar-refractivity contribution in [2.45, 2.75) is 13.8 Å². The SMILES string of the molecule is CCO.CCO.Cl.Cl.Cl.[O]=[V]. The van der Waals surface area contributed by atoms with Gasteiger partial charge in [-0.05, 0) is 13.8 Å². The van der Waals surface area contributed by atoms with Crippen LogP contribution in [-0.4, -0.2) is 23.4 Å². The Hall–Kier alpha value is 1.17. The third-order valence-electron chi connectivity index (χ3n) is 0. The number of aliphatic hydroxyl groups is 2. The van der Waals surface area contributed by atoms with Crippen molar-refractivity contribution in [2.24, 2.45) is 0 Å². The Morgan fingerprint density at radius 1 is 0.909 bits per heavy atom. The summed E-state index contributed by atoms with van der Waals surface area (Å²) in [7, 11) is 0. The van der Waals surface area contributed by atoms with E-state index < -0.39 is 0 Å². The summed E-state index contributed by atoms with van der Waals surface area (Å²) in [5, 5.41) is 15.1. The second-order valence-corrected chi connectivity index (χ2v) is 0.632. The van der Waals surface area contributed by atoms with Crippen molar-refractivity contribution in [1.82, 2.24) is 0 Å². The Balaban J connectivity index is -0.00000000764. The van der Waals surface area contributed by atoms with Gasteiger partial charge in [-0.15, -0.1) is 37.2 Å². The Kier molecular flexibility index (Phi) is 416. The monoisotopic (exact) mass is 267 g/mol. The molecule has 0 saturated heterocycles. The number of aliphatic hydroxyl groups excluding tert-OH is 2. The Morgan fingerprint density at radius 2 is 0.909 bits per heavy atom. The van der Waals surface area contributed by atoms with Crippen LogP contribution in [0.15, 0.2) is 0 Å². The summed E-state index contributed by atoms with van der Waals surface area (Å²) in [6.45, 7) is 3.86. The number of hydrogen-bond acceptors (Lipinski definition) is 3. The number of hydrogen-bond donors (Lipinski definition) is 2. The maximum absolute atomic E-state index is 8.19. The van der Waals surface area contributed by atoms with Crippen molar-refractivity contribution in [3.05, 3.63) is 0 Å². The first-order valence-electron chi connectivity index (χ1n) is 2.23. The molecule has 3 nitrogen and oxygen atoms in total. The van der Waals surface area contributed by atoms with Crippen molar-refractivity contribution < 1.29 is 31.3 Å². The van der Waals surface area contributed by atoms with Crippen molar-refractivity contribution >= 4 is 37.2 Å². The summed E-state index contributed by atoms with van der Waals surface area (Å²) in [6, 6.07) is 0. The zero-order valence-corrected chi connectivity index (χ0v) is 10.2. The van der Waals surface area contributed by atoms with Crippen LogP contribution in [0.1, 0.15) is 13.8 Å². The van der Waals surface area contributed by atoms with E-state index >= 15 is 0 Å². The molecule has 7 heteroatoms. The molecule has 0 bridgehead atoms. The van der Waals surface area contributed by atoms with E-state index in [4.69, 9.17) is 13.9 Å². The van der Waals surface area contributed by atoms with Gasteiger partial charge in [0.2, 0.25) is 0 Å². The van der Waals surface area contributed by atoms with Crippen LogP contribution in [0.5, 0.6) is 0 Å². The first-order chi connectivity index (χ1) is 3.83. The van der Waals surface area contributed by atoms with Crippen molar-refractivity contribution in [3.63, 3.8) is 0 Å². The fourth-order valence-corrected chi connectivity index (χ4v) is 0. The van der Waals surface area contributed by atoms with E-state index in [9.17, 15) is 0 Å². The van der Waals surface area contributed by atoms with Gasteiger partial charge in [-0.25, -0.2) is 0 Å². The molecule has 0 aromatic heterocycles. The Labute approximate surface area is 95.4 Å². The zero-order chi connectivity index (χ0) is 7.41. The fraction of sp³-hybridized carbons (Fsp3) is 1.00. The summed E-state index contributed by atoms with van der Waals surface area (Å²) in [5.74, 6) is 0. The van der Waals surface area contributed by atoms with Gasteiger partial charge < -0.3 is 10.2 Å². The van der Waals surface area contributed by atoms with Crippen LogP contribution in [0.25, 0.3) is 0 Å². The molecule has 0 aromatic rings. The van der Waals surface area contributed by atoms with Crippen LogP contribution >= 0.6 is 37.2 Å². The Bertz CT molecular complexity index is 28.1. The second-order valence-electron chi connectivity index (χ2n) is 0.632. The molecule has 0 fully saturated rings. The second kappa shape index (κ2) is 115. The van der Waals surface area contributed by atoms with E-state index in [-0.39, 0.29) is 50.4 Å². The molecule has 0 amide bonds. The average molecular weight is 268 g/mol. The van der Waals surface area contributed by atoms with Gasteiger partial charge in [0.1, 0.15) is 0 Å². The third kappa shape index (κ3) is 682. The van der Waals surface area contributed by atoms with Crippen molar-refractivity contribution in [2.75, 3.05) is 13.2 Å². The maximum atomic E-state index is 8.19. The molecule has 0 aromatic carbocycles. The Morgan fingerprint density at radius 3 is 0.909 bits per heavy atom. The van der Waals surface area contributed by atoms with Crippen LogP contribution in [0.2, 0.25) is 0 Å². The van der Waals surface area contributed by atoms with Crippen molar-refractivity contribution in [3.8, 4) is 0 Å². The summed E-state index contributed by atoms with van der Waals surface area (Å²) in [5.41, 5.74) is 0. The number of rotatable bonds is 0. The summed E-state index contributed by atoms with van der Waals surface area (Å²) in [4.78, 5) is 0. The summed E-state index contributed by atoms with van der Waals surface area (Å²) >= 11 is 1.06. The topological polar surface area (TPSA) is 57.5 Å². The predicted molar refractivity (Wildman–Crippen MR) is 48.0 cm³/mol. The van der Waals surface area contributed by atoms with Gasteiger partial charge in [-0.2, -0.15) is 0 Å².